The number of likely N-dealkylation sites (tertiary alicyclic amines) is 1. The molecule has 0 bridgehead atoms. The van der Waals surface area contributed by atoms with Crippen molar-refractivity contribution in [3.63, 3.8) is 0 Å². The zero-order valence-electron chi connectivity index (χ0n) is 17.3. The van der Waals surface area contributed by atoms with Crippen LogP contribution >= 0.6 is 0 Å². The van der Waals surface area contributed by atoms with E-state index in [2.05, 4.69) is 4.90 Å². The van der Waals surface area contributed by atoms with Gasteiger partial charge in [-0.1, -0.05) is 0 Å². The number of carboxylic acid groups (broad SMARTS) is 1. The second-order valence-electron chi connectivity index (χ2n) is 7.99. The Morgan fingerprint density at radius 2 is 1.93 bits per heavy atom. The van der Waals surface area contributed by atoms with Crippen LogP contribution in [0.4, 0.5) is 13.2 Å². The Bertz CT molecular complexity index is 571. The molecule has 3 fully saturated rings. The molecule has 2 atom stereocenters. The second kappa shape index (κ2) is 11.3. The van der Waals surface area contributed by atoms with Gasteiger partial charge in [-0.05, 0) is 25.7 Å². The number of amides is 1. The highest BCUT2D eigenvalue weighted by atomic mass is 19.4. The van der Waals surface area contributed by atoms with Crippen molar-refractivity contribution in [3.05, 3.63) is 0 Å². The van der Waals surface area contributed by atoms with Gasteiger partial charge in [0.05, 0.1) is 19.8 Å². The first kappa shape index (κ1) is 24.8. The highest BCUT2D eigenvalue weighted by molar-refractivity contribution is 5.81. The molecule has 3 aliphatic rings. The van der Waals surface area contributed by atoms with E-state index in [1.54, 1.807) is 7.11 Å². The number of methoxy groups -OCH3 is 1. The smallest absolute Gasteiger partial charge is 0.475 e. The monoisotopic (exact) mass is 440 g/mol. The van der Waals surface area contributed by atoms with Crippen LogP contribution < -0.4 is 0 Å². The molecule has 3 aliphatic heterocycles. The zero-order chi connectivity index (χ0) is 22.2. The van der Waals surface area contributed by atoms with E-state index in [9.17, 15) is 18.0 Å². The SMILES string of the molecule is COCCN1CCOCC2(CCCN(C(=O)C3CCCO3)C2)C1.O=C(O)C(F)(F)F. The minimum Gasteiger partial charge on any atom is -0.475 e. The van der Waals surface area contributed by atoms with Gasteiger partial charge in [0.15, 0.2) is 0 Å². The minimum absolute atomic E-state index is 0.0662. The molecular formula is C19H31F3N2O6. The third-order valence-electron chi connectivity index (χ3n) is 5.55. The lowest BCUT2D eigenvalue weighted by atomic mass is 9.80. The fourth-order valence-corrected chi connectivity index (χ4v) is 4.11. The van der Waals surface area contributed by atoms with Crippen LogP contribution in [0.15, 0.2) is 0 Å². The molecular weight excluding hydrogens is 409 g/mol. The summed E-state index contributed by atoms with van der Waals surface area (Å²) in [5, 5.41) is 7.12. The number of halogens is 3. The predicted molar refractivity (Wildman–Crippen MR) is 100 cm³/mol. The molecule has 1 N–H and O–H groups in total. The number of carbonyl (C=O) groups excluding carboxylic acids is 1. The van der Waals surface area contributed by atoms with Crippen molar-refractivity contribution in [2.24, 2.45) is 5.41 Å². The van der Waals surface area contributed by atoms with Crippen LogP contribution in [0.2, 0.25) is 0 Å². The van der Waals surface area contributed by atoms with E-state index in [1.807, 2.05) is 4.90 Å². The molecule has 0 radical (unpaired) electrons. The fraction of sp³-hybridized carbons (Fsp3) is 0.895. The number of piperidine rings is 1. The van der Waals surface area contributed by atoms with E-state index in [-0.39, 0.29) is 17.4 Å². The van der Waals surface area contributed by atoms with Crippen LogP contribution in [-0.2, 0) is 23.8 Å². The van der Waals surface area contributed by atoms with E-state index >= 15 is 0 Å². The maximum absolute atomic E-state index is 12.7. The first-order chi connectivity index (χ1) is 14.2. The summed E-state index contributed by atoms with van der Waals surface area (Å²) in [6, 6.07) is 0. The van der Waals surface area contributed by atoms with Crippen LogP contribution in [0.25, 0.3) is 0 Å². The van der Waals surface area contributed by atoms with Gasteiger partial charge in [-0.3, -0.25) is 9.69 Å². The first-order valence-corrected chi connectivity index (χ1v) is 10.2. The number of carboxylic acids is 1. The number of rotatable bonds is 4. The van der Waals surface area contributed by atoms with Crippen molar-refractivity contribution >= 4 is 11.9 Å². The second-order valence-corrected chi connectivity index (χ2v) is 7.99. The quantitative estimate of drug-likeness (QED) is 0.707. The number of carbonyl (C=O) groups is 2. The van der Waals surface area contributed by atoms with Crippen molar-refractivity contribution in [1.82, 2.24) is 9.80 Å². The van der Waals surface area contributed by atoms with Gasteiger partial charge in [0.1, 0.15) is 6.10 Å². The molecule has 0 saturated carbocycles. The normalized spacial score (nSPS) is 28.0. The van der Waals surface area contributed by atoms with E-state index < -0.39 is 12.1 Å². The summed E-state index contributed by atoms with van der Waals surface area (Å²) in [6.45, 7) is 7.53. The summed E-state index contributed by atoms with van der Waals surface area (Å²) in [4.78, 5) is 26.0. The van der Waals surface area contributed by atoms with Gasteiger partial charge < -0.3 is 24.2 Å². The Labute approximate surface area is 174 Å². The van der Waals surface area contributed by atoms with E-state index in [0.29, 0.717) is 0 Å². The van der Waals surface area contributed by atoms with Gasteiger partial charge >= 0.3 is 12.1 Å². The molecule has 11 heteroatoms. The molecule has 0 aromatic heterocycles. The van der Waals surface area contributed by atoms with Gasteiger partial charge in [-0.15, -0.1) is 0 Å². The van der Waals surface area contributed by atoms with Crippen LogP contribution in [0.5, 0.6) is 0 Å². The molecule has 8 nitrogen and oxygen atoms in total. The molecule has 2 unspecified atom stereocenters. The molecule has 1 amide bonds. The topological polar surface area (TPSA) is 88.5 Å². The Morgan fingerprint density at radius 1 is 1.20 bits per heavy atom. The Balaban J connectivity index is 0.000000396. The molecule has 3 rings (SSSR count). The minimum atomic E-state index is -5.08. The molecule has 3 heterocycles. The largest absolute Gasteiger partial charge is 0.490 e. The zero-order valence-corrected chi connectivity index (χ0v) is 17.3. The summed E-state index contributed by atoms with van der Waals surface area (Å²) >= 11 is 0. The average Bonchev–Trinajstić information content (AvgIpc) is 3.16. The number of hydrogen-bond donors (Lipinski definition) is 1. The Morgan fingerprint density at radius 3 is 2.53 bits per heavy atom. The third kappa shape index (κ3) is 7.36. The molecule has 174 valence electrons. The molecule has 0 aliphatic carbocycles. The maximum Gasteiger partial charge on any atom is 0.490 e. The Kier molecular flexibility index (Phi) is 9.32. The molecule has 0 aromatic rings. The summed E-state index contributed by atoms with van der Waals surface area (Å²) in [6.07, 6.45) is -1.23. The fourth-order valence-electron chi connectivity index (χ4n) is 4.11. The summed E-state index contributed by atoms with van der Waals surface area (Å²) < 4.78 is 48.5. The van der Waals surface area contributed by atoms with Crippen molar-refractivity contribution in [2.45, 2.75) is 38.0 Å². The van der Waals surface area contributed by atoms with Crippen molar-refractivity contribution in [3.8, 4) is 0 Å². The highest BCUT2D eigenvalue weighted by Crippen LogP contribution is 2.34. The van der Waals surface area contributed by atoms with Gasteiger partial charge in [-0.25, -0.2) is 4.79 Å². The number of ether oxygens (including phenoxy) is 3. The van der Waals surface area contributed by atoms with E-state index in [4.69, 9.17) is 24.1 Å². The lowest BCUT2D eigenvalue weighted by molar-refractivity contribution is -0.192. The van der Waals surface area contributed by atoms with E-state index in [0.717, 1.165) is 84.8 Å². The lowest BCUT2D eigenvalue weighted by Crippen LogP contribution is -2.54. The summed E-state index contributed by atoms with van der Waals surface area (Å²) in [7, 11) is 1.74. The third-order valence-corrected chi connectivity index (χ3v) is 5.55. The van der Waals surface area contributed by atoms with Crippen LogP contribution in [0, 0.1) is 5.41 Å². The maximum atomic E-state index is 12.7. The van der Waals surface area contributed by atoms with Gasteiger partial charge in [0.25, 0.3) is 5.91 Å². The number of hydrogen-bond acceptors (Lipinski definition) is 6. The van der Waals surface area contributed by atoms with Gasteiger partial charge in [0, 0.05) is 51.9 Å². The molecule has 30 heavy (non-hydrogen) atoms. The number of alkyl halides is 3. The number of aliphatic carboxylic acids is 1. The Hall–Kier alpha value is -1.43. The predicted octanol–water partition coefficient (Wildman–Crippen LogP) is 1.39. The molecule has 1 spiro atoms. The van der Waals surface area contributed by atoms with Gasteiger partial charge in [0.2, 0.25) is 0 Å². The highest BCUT2D eigenvalue weighted by Gasteiger charge is 2.42. The lowest BCUT2D eigenvalue weighted by Gasteiger charge is -2.44. The van der Waals surface area contributed by atoms with Gasteiger partial charge in [-0.2, -0.15) is 13.2 Å². The molecule has 0 aromatic carbocycles. The van der Waals surface area contributed by atoms with Crippen molar-refractivity contribution < 1.29 is 42.1 Å². The van der Waals surface area contributed by atoms with Crippen molar-refractivity contribution in [1.29, 1.82) is 0 Å². The van der Waals surface area contributed by atoms with Crippen LogP contribution in [-0.4, -0.2) is 105 Å². The first-order valence-electron chi connectivity index (χ1n) is 10.2. The number of nitrogens with zero attached hydrogens (tertiary/aromatic N) is 2. The van der Waals surface area contributed by atoms with Crippen LogP contribution in [0.3, 0.4) is 0 Å². The van der Waals surface area contributed by atoms with Crippen LogP contribution in [0.1, 0.15) is 25.7 Å². The molecule has 3 saturated heterocycles. The summed E-state index contributed by atoms with van der Waals surface area (Å²) in [5.41, 5.74) is 0.0662. The standard InChI is InChI=1S/C17H30N2O4.C2HF3O2/c1-21-10-7-18-8-11-22-14-17(12-18)5-3-6-19(13-17)16(20)15-4-2-9-23-15;3-2(4,5)1(6)7/h15H,2-14H2,1H3;(H,6,7). The van der Waals surface area contributed by atoms with Crippen molar-refractivity contribution in [2.75, 3.05) is 66.3 Å². The van der Waals surface area contributed by atoms with E-state index in [1.165, 1.54) is 0 Å². The summed E-state index contributed by atoms with van der Waals surface area (Å²) in [5.74, 6) is -2.57. The average molecular weight is 440 g/mol.